The van der Waals surface area contributed by atoms with E-state index in [-0.39, 0.29) is 17.7 Å². The largest absolute Gasteiger partial charge is 0.459 e. The normalized spacial score (nSPS) is 14.0. The molecular formula is C20H23N3O5. The third-order valence-electron chi connectivity index (χ3n) is 4.55. The molecule has 0 bridgehead atoms. The zero-order valence-electron chi connectivity index (χ0n) is 15.7. The maximum atomic E-state index is 12.8. The Morgan fingerprint density at radius 2 is 1.68 bits per heavy atom. The minimum absolute atomic E-state index is 0.156. The predicted octanol–water partition coefficient (Wildman–Crippen LogP) is 1.25. The number of nitrogens with zero attached hydrogens (tertiary/aromatic N) is 2. The SMILES string of the molecule is COCCNC(=O)c1cccc(C(=O)N2CCN(C(=O)c3ccco3)CC2)c1. The predicted molar refractivity (Wildman–Crippen MR) is 101 cm³/mol. The second-order valence-corrected chi connectivity index (χ2v) is 6.39. The summed E-state index contributed by atoms with van der Waals surface area (Å²) in [4.78, 5) is 40.6. The molecule has 1 aromatic carbocycles. The number of hydrogen-bond donors (Lipinski definition) is 1. The number of furan rings is 1. The number of hydrogen-bond acceptors (Lipinski definition) is 5. The van der Waals surface area contributed by atoms with Crippen molar-refractivity contribution in [2.24, 2.45) is 0 Å². The molecule has 1 saturated heterocycles. The van der Waals surface area contributed by atoms with Crippen LogP contribution in [0.4, 0.5) is 0 Å². The van der Waals surface area contributed by atoms with Crippen molar-refractivity contribution in [1.29, 1.82) is 0 Å². The van der Waals surface area contributed by atoms with Gasteiger partial charge in [-0.1, -0.05) is 6.07 Å². The summed E-state index contributed by atoms with van der Waals surface area (Å²) in [5.74, 6) is -0.281. The average Bonchev–Trinajstić information content (AvgIpc) is 3.28. The number of rotatable bonds is 6. The number of nitrogens with one attached hydrogen (secondary N) is 1. The summed E-state index contributed by atoms with van der Waals surface area (Å²) in [5, 5.41) is 2.74. The van der Waals surface area contributed by atoms with Crippen LogP contribution in [0.5, 0.6) is 0 Å². The van der Waals surface area contributed by atoms with E-state index < -0.39 is 0 Å². The molecule has 0 atom stereocenters. The van der Waals surface area contributed by atoms with Crippen molar-refractivity contribution in [2.45, 2.75) is 0 Å². The lowest BCUT2D eigenvalue weighted by Gasteiger charge is -2.34. The number of piperazine rings is 1. The van der Waals surface area contributed by atoms with Crippen LogP contribution in [-0.2, 0) is 4.74 Å². The van der Waals surface area contributed by atoms with Crippen LogP contribution in [0.3, 0.4) is 0 Å². The molecule has 1 N–H and O–H groups in total. The third kappa shape index (κ3) is 4.58. The molecule has 1 aliphatic rings. The lowest BCUT2D eigenvalue weighted by molar-refractivity contribution is 0.0518. The van der Waals surface area contributed by atoms with Gasteiger partial charge in [0.2, 0.25) is 0 Å². The van der Waals surface area contributed by atoms with Crippen LogP contribution in [0, 0.1) is 0 Å². The van der Waals surface area contributed by atoms with Gasteiger partial charge in [-0.2, -0.15) is 0 Å². The molecule has 148 valence electrons. The molecule has 1 aliphatic heterocycles. The van der Waals surface area contributed by atoms with Gasteiger partial charge < -0.3 is 24.3 Å². The van der Waals surface area contributed by atoms with E-state index in [1.807, 2.05) is 0 Å². The first kappa shape index (κ1) is 19.6. The van der Waals surface area contributed by atoms with Gasteiger partial charge in [0.1, 0.15) is 0 Å². The molecule has 0 spiro atoms. The number of carbonyl (C=O) groups excluding carboxylic acids is 3. The molecule has 1 fully saturated rings. The lowest BCUT2D eigenvalue weighted by atomic mass is 10.1. The Morgan fingerprint density at radius 1 is 1.00 bits per heavy atom. The molecule has 2 aromatic rings. The van der Waals surface area contributed by atoms with Gasteiger partial charge in [-0.3, -0.25) is 14.4 Å². The van der Waals surface area contributed by atoms with Gasteiger partial charge in [0.25, 0.3) is 17.7 Å². The summed E-state index contributed by atoms with van der Waals surface area (Å²) in [6.45, 7) is 2.54. The summed E-state index contributed by atoms with van der Waals surface area (Å²) < 4.78 is 10.1. The van der Waals surface area contributed by atoms with Gasteiger partial charge in [-0.25, -0.2) is 0 Å². The van der Waals surface area contributed by atoms with Crippen molar-refractivity contribution < 1.29 is 23.5 Å². The molecule has 8 nitrogen and oxygen atoms in total. The monoisotopic (exact) mass is 385 g/mol. The smallest absolute Gasteiger partial charge is 0.289 e. The Balaban J connectivity index is 1.58. The van der Waals surface area contributed by atoms with E-state index in [4.69, 9.17) is 9.15 Å². The molecule has 0 unspecified atom stereocenters. The number of ether oxygens (including phenoxy) is 1. The summed E-state index contributed by atoms with van der Waals surface area (Å²) in [6.07, 6.45) is 1.46. The Kier molecular flexibility index (Phi) is 6.44. The number of carbonyl (C=O) groups is 3. The number of benzene rings is 1. The average molecular weight is 385 g/mol. The van der Waals surface area contributed by atoms with Crippen molar-refractivity contribution in [3.05, 3.63) is 59.5 Å². The second-order valence-electron chi connectivity index (χ2n) is 6.39. The summed E-state index contributed by atoms with van der Waals surface area (Å²) in [6, 6.07) is 9.93. The minimum Gasteiger partial charge on any atom is -0.459 e. The second kappa shape index (κ2) is 9.18. The molecular weight excluding hydrogens is 362 g/mol. The van der Waals surface area contributed by atoms with Crippen LogP contribution in [0.1, 0.15) is 31.3 Å². The first-order chi connectivity index (χ1) is 13.6. The van der Waals surface area contributed by atoms with E-state index in [1.165, 1.54) is 6.26 Å². The first-order valence-corrected chi connectivity index (χ1v) is 9.09. The van der Waals surface area contributed by atoms with Crippen LogP contribution in [0.15, 0.2) is 47.1 Å². The van der Waals surface area contributed by atoms with Crippen molar-refractivity contribution >= 4 is 17.7 Å². The summed E-state index contributed by atoms with van der Waals surface area (Å²) in [7, 11) is 1.56. The van der Waals surface area contributed by atoms with Gasteiger partial charge in [0, 0.05) is 51.0 Å². The highest BCUT2D eigenvalue weighted by Crippen LogP contribution is 2.13. The summed E-state index contributed by atoms with van der Waals surface area (Å²) >= 11 is 0. The molecule has 3 amide bonds. The van der Waals surface area contributed by atoms with E-state index >= 15 is 0 Å². The van der Waals surface area contributed by atoms with E-state index in [0.29, 0.717) is 56.2 Å². The van der Waals surface area contributed by atoms with E-state index in [1.54, 1.807) is 53.3 Å². The van der Waals surface area contributed by atoms with Crippen LogP contribution in [0.2, 0.25) is 0 Å². The fourth-order valence-electron chi connectivity index (χ4n) is 3.01. The fraction of sp³-hybridized carbons (Fsp3) is 0.350. The number of amides is 3. The minimum atomic E-state index is -0.249. The van der Waals surface area contributed by atoms with Crippen LogP contribution in [0.25, 0.3) is 0 Å². The Labute approximate surface area is 163 Å². The highest BCUT2D eigenvalue weighted by Gasteiger charge is 2.26. The number of methoxy groups -OCH3 is 1. The van der Waals surface area contributed by atoms with Crippen molar-refractivity contribution in [1.82, 2.24) is 15.1 Å². The maximum absolute atomic E-state index is 12.8. The molecule has 1 aromatic heterocycles. The highest BCUT2D eigenvalue weighted by molar-refractivity contribution is 5.99. The molecule has 3 rings (SSSR count). The summed E-state index contributed by atoms with van der Waals surface area (Å²) in [5.41, 5.74) is 0.874. The van der Waals surface area contributed by atoms with Gasteiger partial charge >= 0.3 is 0 Å². The molecule has 0 saturated carbocycles. The zero-order valence-corrected chi connectivity index (χ0v) is 15.7. The third-order valence-corrected chi connectivity index (χ3v) is 4.55. The topological polar surface area (TPSA) is 92.1 Å². The molecule has 0 aliphatic carbocycles. The molecule has 0 radical (unpaired) electrons. The van der Waals surface area contributed by atoms with Crippen molar-refractivity contribution in [3.63, 3.8) is 0 Å². The van der Waals surface area contributed by atoms with Gasteiger partial charge in [0.05, 0.1) is 12.9 Å². The highest BCUT2D eigenvalue weighted by atomic mass is 16.5. The Hall–Kier alpha value is -3.13. The Bertz CT molecular complexity index is 826. The molecule has 28 heavy (non-hydrogen) atoms. The van der Waals surface area contributed by atoms with Crippen molar-refractivity contribution in [3.8, 4) is 0 Å². The van der Waals surface area contributed by atoms with Crippen LogP contribution in [-0.4, -0.2) is 74.0 Å². The first-order valence-electron chi connectivity index (χ1n) is 9.09. The van der Waals surface area contributed by atoms with Gasteiger partial charge in [0.15, 0.2) is 5.76 Å². The van der Waals surface area contributed by atoms with Gasteiger partial charge in [-0.15, -0.1) is 0 Å². The molecule has 8 heteroatoms. The fourth-order valence-corrected chi connectivity index (χ4v) is 3.01. The maximum Gasteiger partial charge on any atom is 0.289 e. The van der Waals surface area contributed by atoms with Crippen LogP contribution < -0.4 is 5.32 Å². The zero-order chi connectivity index (χ0) is 19.9. The van der Waals surface area contributed by atoms with E-state index in [2.05, 4.69) is 5.32 Å². The van der Waals surface area contributed by atoms with Crippen LogP contribution >= 0.6 is 0 Å². The quantitative estimate of drug-likeness (QED) is 0.756. The lowest BCUT2D eigenvalue weighted by Crippen LogP contribution is -2.50. The Morgan fingerprint density at radius 3 is 2.32 bits per heavy atom. The van der Waals surface area contributed by atoms with E-state index in [0.717, 1.165) is 0 Å². The van der Waals surface area contributed by atoms with E-state index in [9.17, 15) is 14.4 Å². The van der Waals surface area contributed by atoms with Crippen molar-refractivity contribution in [2.75, 3.05) is 46.4 Å². The van der Waals surface area contributed by atoms with Gasteiger partial charge in [-0.05, 0) is 30.3 Å². The standard InChI is InChI=1S/C20H23N3O5/c1-27-13-7-21-18(24)15-4-2-5-16(14-15)19(25)22-8-10-23(11-9-22)20(26)17-6-3-12-28-17/h2-6,12,14H,7-11,13H2,1H3,(H,21,24). The molecule has 2 heterocycles.